The lowest BCUT2D eigenvalue weighted by atomic mass is 10.1. The summed E-state index contributed by atoms with van der Waals surface area (Å²) in [6, 6.07) is 4.16. The maximum absolute atomic E-state index is 13.0. The quantitative estimate of drug-likeness (QED) is 0.844. The van der Waals surface area contributed by atoms with Gasteiger partial charge < -0.3 is 5.11 Å². The van der Waals surface area contributed by atoms with Gasteiger partial charge in [0, 0.05) is 18.3 Å². The van der Waals surface area contributed by atoms with E-state index in [4.69, 9.17) is 0 Å². The molecule has 7 nitrogen and oxygen atoms in total. The number of anilines is 2. The fourth-order valence-corrected chi connectivity index (χ4v) is 2.99. The molecule has 2 aliphatic heterocycles. The monoisotopic (exact) mass is 363 g/mol. The molecule has 3 heterocycles. The Labute approximate surface area is 145 Å². The number of alkyl halides is 3. The average molecular weight is 363 g/mol. The number of aliphatic imine (C=N–C) groups is 1. The van der Waals surface area contributed by atoms with Crippen molar-refractivity contribution >= 4 is 29.8 Å². The number of hydrogen-bond acceptors (Lipinski definition) is 4. The molecule has 4 rings (SSSR count). The number of hydrogen-bond donors (Lipinski definition) is 1. The maximum Gasteiger partial charge on any atom is 0.418 e. The van der Waals surface area contributed by atoms with Gasteiger partial charge in [-0.15, -0.1) is 0 Å². The molecule has 0 fully saturated rings. The third kappa shape index (κ3) is 2.50. The summed E-state index contributed by atoms with van der Waals surface area (Å²) in [5.74, 6) is 0.700. The summed E-state index contributed by atoms with van der Waals surface area (Å²) in [7, 11) is 0. The molecule has 2 aromatic rings. The van der Waals surface area contributed by atoms with Crippen LogP contribution in [0.25, 0.3) is 6.20 Å². The van der Waals surface area contributed by atoms with Crippen LogP contribution in [-0.2, 0) is 12.7 Å². The fourth-order valence-electron chi connectivity index (χ4n) is 2.99. The van der Waals surface area contributed by atoms with E-state index < -0.39 is 17.8 Å². The summed E-state index contributed by atoms with van der Waals surface area (Å²) < 4.78 is 40.6. The fraction of sp³-hybridized carbons (Fsp3) is 0.188. The van der Waals surface area contributed by atoms with Gasteiger partial charge in [-0.2, -0.15) is 18.3 Å². The number of amides is 1. The van der Waals surface area contributed by atoms with Gasteiger partial charge in [0.15, 0.2) is 0 Å². The van der Waals surface area contributed by atoms with Gasteiger partial charge in [0.2, 0.25) is 5.96 Å². The van der Waals surface area contributed by atoms with Crippen LogP contribution < -0.4 is 9.80 Å². The molecule has 0 saturated carbocycles. The van der Waals surface area contributed by atoms with Crippen molar-refractivity contribution in [3.8, 4) is 0 Å². The number of aromatic nitrogens is 2. The molecule has 0 atom stereocenters. The molecule has 26 heavy (non-hydrogen) atoms. The van der Waals surface area contributed by atoms with Crippen molar-refractivity contribution in [1.29, 1.82) is 0 Å². The largest absolute Gasteiger partial charge is 0.464 e. The summed E-state index contributed by atoms with van der Waals surface area (Å²) in [5, 5.41) is 13.8. The molecule has 0 bridgehead atoms. The highest BCUT2D eigenvalue weighted by Gasteiger charge is 2.35. The Morgan fingerprint density at radius 3 is 2.85 bits per heavy atom. The molecular formula is C16H12F3N5O2. The Balaban J connectivity index is 1.79. The van der Waals surface area contributed by atoms with E-state index in [0.717, 1.165) is 22.6 Å². The second kappa shape index (κ2) is 5.61. The molecule has 1 N–H and O–H groups in total. The van der Waals surface area contributed by atoms with Crippen LogP contribution in [-0.4, -0.2) is 33.5 Å². The van der Waals surface area contributed by atoms with Gasteiger partial charge >= 0.3 is 12.3 Å². The summed E-state index contributed by atoms with van der Waals surface area (Å²) >= 11 is 0. The first-order chi connectivity index (χ1) is 12.4. The molecule has 134 valence electrons. The number of nitrogens with zero attached hydrogens (tertiary/aromatic N) is 5. The zero-order valence-electron chi connectivity index (χ0n) is 13.2. The first kappa shape index (κ1) is 16.2. The summed E-state index contributed by atoms with van der Waals surface area (Å²) in [4.78, 5) is 18.5. The second-order valence-electron chi connectivity index (χ2n) is 5.72. The predicted octanol–water partition coefficient (Wildman–Crippen LogP) is 3.25. The van der Waals surface area contributed by atoms with Crippen molar-refractivity contribution in [2.75, 3.05) is 16.3 Å². The van der Waals surface area contributed by atoms with Crippen LogP contribution in [0.3, 0.4) is 0 Å². The second-order valence-corrected chi connectivity index (χ2v) is 5.72. The highest BCUT2D eigenvalue weighted by atomic mass is 19.4. The molecular weight excluding hydrogens is 351 g/mol. The van der Waals surface area contributed by atoms with Crippen LogP contribution in [0.15, 0.2) is 41.5 Å². The van der Waals surface area contributed by atoms with Gasteiger partial charge in [-0.3, -0.25) is 4.90 Å². The number of benzene rings is 1. The van der Waals surface area contributed by atoms with E-state index in [9.17, 15) is 23.1 Å². The lowest BCUT2D eigenvalue weighted by molar-refractivity contribution is -0.137. The van der Waals surface area contributed by atoms with E-state index in [1.807, 2.05) is 0 Å². The Morgan fingerprint density at radius 1 is 1.31 bits per heavy atom. The van der Waals surface area contributed by atoms with Gasteiger partial charge in [0.05, 0.1) is 24.0 Å². The SMILES string of the molecule is O=C(O)N(C1=NCc2cnn3c2N1CC=C3)c1cccc(C(F)(F)F)c1. The Hall–Kier alpha value is -3.30. The number of carboxylic acid groups (broad SMARTS) is 1. The van der Waals surface area contributed by atoms with Gasteiger partial charge in [0.25, 0.3) is 0 Å². The van der Waals surface area contributed by atoms with Gasteiger partial charge in [-0.05, 0) is 24.3 Å². The van der Waals surface area contributed by atoms with Crippen LogP contribution >= 0.6 is 0 Å². The summed E-state index contributed by atoms with van der Waals surface area (Å²) in [5.41, 5.74) is -0.246. The predicted molar refractivity (Wildman–Crippen MR) is 88.0 cm³/mol. The molecule has 1 aromatic heterocycles. The molecule has 10 heteroatoms. The number of guanidine groups is 1. The summed E-state index contributed by atoms with van der Waals surface area (Å²) in [6.45, 7) is 0.526. The molecule has 0 saturated heterocycles. The van der Waals surface area contributed by atoms with E-state index >= 15 is 0 Å². The Morgan fingerprint density at radius 2 is 2.12 bits per heavy atom. The van der Waals surface area contributed by atoms with E-state index in [1.54, 1.807) is 28.1 Å². The van der Waals surface area contributed by atoms with Crippen molar-refractivity contribution in [3.63, 3.8) is 0 Å². The molecule has 0 radical (unpaired) electrons. The van der Waals surface area contributed by atoms with Crippen molar-refractivity contribution in [3.05, 3.63) is 47.7 Å². The van der Waals surface area contributed by atoms with Crippen LogP contribution in [0.5, 0.6) is 0 Å². The Bertz CT molecular complexity index is 948. The van der Waals surface area contributed by atoms with Gasteiger partial charge in [-0.25, -0.2) is 19.4 Å². The zero-order valence-corrected chi connectivity index (χ0v) is 13.2. The number of rotatable bonds is 1. The molecule has 1 aromatic carbocycles. The van der Waals surface area contributed by atoms with Crippen LogP contribution in [0, 0.1) is 0 Å². The van der Waals surface area contributed by atoms with Gasteiger partial charge in [0.1, 0.15) is 5.82 Å². The molecule has 0 spiro atoms. The normalized spacial score (nSPS) is 15.5. The molecule has 0 unspecified atom stereocenters. The van der Waals surface area contributed by atoms with E-state index in [0.29, 0.717) is 12.4 Å². The maximum atomic E-state index is 13.0. The minimum absolute atomic E-state index is 0.0374. The molecule has 1 amide bonds. The minimum atomic E-state index is -4.58. The molecule has 2 aliphatic rings. The summed E-state index contributed by atoms with van der Waals surface area (Å²) in [6.07, 6.45) is -0.862. The van der Waals surface area contributed by atoms with Crippen molar-refractivity contribution in [2.24, 2.45) is 4.99 Å². The Kier molecular flexibility index (Phi) is 3.49. The molecule has 0 aliphatic carbocycles. The highest BCUT2D eigenvalue weighted by molar-refractivity contribution is 6.20. The van der Waals surface area contributed by atoms with Crippen molar-refractivity contribution < 1.29 is 23.1 Å². The first-order valence-electron chi connectivity index (χ1n) is 7.61. The van der Waals surface area contributed by atoms with Gasteiger partial charge in [-0.1, -0.05) is 6.07 Å². The average Bonchev–Trinajstić information content (AvgIpc) is 3.01. The standard InChI is InChI=1S/C16H12F3N5O2/c17-16(18,19)11-3-1-4-12(7-11)24(15(25)26)14-20-8-10-9-21-23-6-2-5-22(14)13(10)23/h1-4,6-7,9H,5,8H2,(H,25,26). The van der Waals surface area contributed by atoms with Crippen LogP contribution in [0.1, 0.15) is 11.1 Å². The zero-order chi connectivity index (χ0) is 18.5. The van der Waals surface area contributed by atoms with E-state index in [2.05, 4.69) is 10.1 Å². The minimum Gasteiger partial charge on any atom is -0.464 e. The third-order valence-electron chi connectivity index (χ3n) is 4.09. The smallest absolute Gasteiger partial charge is 0.418 e. The van der Waals surface area contributed by atoms with E-state index in [1.165, 1.54) is 12.1 Å². The van der Waals surface area contributed by atoms with Crippen LogP contribution in [0.2, 0.25) is 0 Å². The third-order valence-corrected chi connectivity index (χ3v) is 4.09. The van der Waals surface area contributed by atoms with Crippen molar-refractivity contribution in [1.82, 2.24) is 9.78 Å². The number of carbonyl (C=O) groups is 1. The first-order valence-corrected chi connectivity index (χ1v) is 7.61. The van der Waals surface area contributed by atoms with Crippen LogP contribution in [0.4, 0.5) is 29.5 Å². The highest BCUT2D eigenvalue weighted by Crippen LogP contribution is 2.34. The lowest BCUT2D eigenvalue weighted by Gasteiger charge is -2.35. The van der Waals surface area contributed by atoms with E-state index in [-0.39, 0.29) is 18.2 Å². The lowest BCUT2D eigenvalue weighted by Crippen LogP contribution is -2.50. The topological polar surface area (TPSA) is 74.0 Å². The number of halogens is 3. The van der Waals surface area contributed by atoms with Crippen molar-refractivity contribution in [2.45, 2.75) is 12.7 Å².